The summed E-state index contributed by atoms with van der Waals surface area (Å²) < 4.78 is 29.7. The lowest BCUT2D eigenvalue weighted by Gasteiger charge is -2.59. The van der Waals surface area contributed by atoms with Gasteiger partial charge in [-0.1, -0.05) is 52.0 Å². The first-order chi connectivity index (χ1) is 28.6. The monoisotopic (exact) mass is 834 g/mol. The number of esters is 1. The Morgan fingerprint density at radius 1 is 0.500 bits per heavy atom. The van der Waals surface area contributed by atoms with Crippen LogP contribution in [0.5, 0.6) is 23.0 Å². The maximum absolute atomic E-state index is 11.5. The van der Waals surface area contributed by atoms with E-state index in [1.165, 1.54) is 76.6 Å². The number of hydrogen-bond donors (Lipinski definition) is 0. The highest BCUT2D eigenvalue weighted by molar-refractivity contribution is 6.26. The highest BCUT2D eigenvalue weighted by Gasteiger charge is 2.57. The molecular formula is C53H67ClO6. The fourth-order valence-corrected chi connectivity index (χ4v) is 12.1. The van der Waals surface area contributed by atoms with Crippen LogP contribution in [0.15, 0.2) is 48.5 Å². The first-order valence-corrected chi connectivity index (χ1v) is 22.6. The maximum atomic E-state index is 11.5. The van der Waals surface area contributed by atoms with Gasteiger partial charge in [-0.25, -0.2) is 0 Å². The van der Waals surface area contributed by atoms with Gasteiger partial charge in [0.1, 0.15) is 34.5 Å². The second-order valence-corrected chi connectivity index (χ2v) is 19.1. The molecule has 6 nitrogen and oxygen atoms in total. The van der Waals surface area contributed by atoms with Crippen LogP contribution >= 0.6 is 11.6 Å². The van der Waals surface area contributed by atoms with Gasteiger partial charge in [0.05, 0.1) is 28.4 Å². The molecule has 0 aliphatic heterocycles. The van der Waals surface area contributed by atoms with Crippen LogP contribution in [0.3, 0.4) is 0 Å². The van der Waals surface area contributed by atoms with Gasteiger partial charge in [0.25, 0.3) is 0 Å². The van der Waals surface area contributed by atoms with E-state index in [1.54, 1.807) is 28.4 Å². The summed E-state index contributed by atoms with van der Waals surface area (Å²) in [6.45, 7) is 20.2. The minimum absolute atomic E-state index is 0.00128. The molecule has 0 spiro atoms. The molecule has 5 aliphatic rings. The molecule has 0 radical (unpaired) electrons. The molecule has 4 atom stereocenters. The SMILES string of the molecule is CC1(OC(=O)CCl)C2CC3CC(C2)CC1C3.COc1cc(C)c2cc1C(C)c1cc(c(OC)cc1OC)C(C)c1cc(c(C)cc1OC)C(C)c1cc(c(C)cc1C)C2C. The number of aryl methyl sites for hydroxylation is 4. The van der Waals surface area contributed by atoms with Crippen molar-refractivity contribution in [3.8, 4) is 23.0 Å². The highest BCUT2D eigenvalue weighted by Crippen LogP contribution is 2.59. The van der Waals surface area contributed by atoms with Gasteiger partial charge in [-0.2, -0.15) is 0 Å². The minimum Gasteiger partial charge on any atom is -0.496 e. The summed E-state index contributed by atoms with van der Waals surface area (Å²) in [5.41, 5.74) is 14.7. The molecule has 60 heavy (non-hydrogen) atoms. The summed E-state index contributed by atoms with van der Waals surface area (Å²) >= 11 is 5.55. The standard InChI is InChI=1S/C40H48O4.C13H19ClO2/c1-21-13-22(2)30-16-29(21)25(5)31-17-33(37(41-9)14-23(31)3)27(7)35-19-36(40(44-12)20-39(35)43-11)28(8)34-18-32(26(30)6)24(4)15-38(34)42-10;1-13(16-12(15)7-14)10-3-8-2-9(5-10)6-11(13)4-8/h13-20,25-28H,1-12H3;8-11H,2-7H2,1H3. The summed E-state index contributed by atoms with van der Waals surface area (Å²) in [4.78, 5) is 11.5. The quantitative estimate of drug-likeness (QED) is 0.142. The van der Waals surface area contributed by atoms with Crippen LogP contribution in [-0.2, 0) is 9.53 Å². The Kier molecular flexibility index (Phi) is 12.7. The fourth-order valence-electron chi connectivity index (χ4n) is 12.1. The average Bonchev–Trinajstić information content (AvgIpc) is 3.23. The van der Waals surface area contributed by atoms with Crippen LogP contribution in [0.1, 0.15) is 157 Å². The number of rotatable bonds is 6. The van der Waals surface area contributed by atoms with Crippen molar-refractivity contribution < 1.29 is 28.5 Å². The Hall–Kier alpha value is -4.16. The van der Waals surface area contributed by atoms with Crippen molar-refractivity contribution in [3.05, 3.63) is 115 Å². The van der Waals surface area contributed by atoms with Gasteiger partial charge in [0.2, 0.25) is 0 Å². The molecule has 5 aliphatic carbocycles. The van der Waals surface area contributed by atoms with Gasteiger partial charge in [0, 0.05) is 52.0 Å². The summed E-state index contributed by atoms with van der Waals surface area (Å²) in [5.74, 6) is 6.53. The number of halogens is 1. The van der Waals surface area contributed by atoms with E-state index in [1.807, 2.05) is 6.07 Å². The molecule has 7 heteroatoms. The largest absolute Gasteiger partial charge is 0.496 e. The Morgan fingerprint density at radius 2 is 0.800 bits per heavy atom. The predicted molar refractivity (Wildman–Crippen MR) is 243 cm³/mol. The fraction of sp³-hybridized carbons (Fsp3) is 0.528. The van der Waals surface area contributed by atoms with Crippen LogP contribution in [0, 0.1) is 51.4 Å². The number of alkyl halides is 1. The van der Waals surface area contributed by atoms with Crippen LogP contribution in [0.25, 0.3) is 0 Å². The molecule has 4 aromatic carbocycles. The second-order valence-electron chi connectivity index (χ2n) is 18.8. The molecular weight excluding hydrogens is 768 g/mol. The molecule has 4 fully saturated rings. The molecule has 4 aromatic rings. The van der Waals surface area contributed by atoms with Crippen LogP contribution < -0.4 is 18.9 Å². The van der Waals surface area contributed by atoms with E-state index in [-0.39, 0.29) is 41.1 Å². The Bertz CT molecular complexity index is 2110. The number of methoxy groups -OCH3 is 4. The molecule has 0 amide bonds. The van der Waals surface area contributed by atoms with Crippen LogP contribution in [-0.4, -0.2) is 45.9 Å². The van der Waals surface area contributed by atoms with Crippen molar-refractivity contribution in [1.82, 2.24) is 0 Å². The zero-order chi connectivity index (χ0) is 43.4. The number of carbonyl (C=O) groups excluding carboxylic acids is 1. The number of benzene rings is 4. The van der Waals surface area contributed by atoms with E-state index in [2.05, 4.69) is 105 Å². The van der Waals surface area contributed by atoms with Crippen molar-refractivity contribution in [3.63, 3.8) is 0 Å². The van der Waals surface area contributed by atoms with Gasteiger partial charge in [-0.05, 0) is 153 Å². The summed E-state index contributed by atoms with van der Waals surface area (Å²) in [5, 5.41) is 0. The van der Waals surface area contributed by atoms with Crippen LogP contribution in [0.4, 0.5) is 0 Å². The number of ether oxygens (including phenoxy) is 5. The third-order valence-corrected chi connectivity index (χ3v) is 15.6. The molecule has 0 saturated heterocycles. The molecule has 0 aromatic heterocycles. The van der Waals surface area contributed by atoms with E-state index in [9.17, 15) is 4.79 Å². The maximum Gasteiger partial charge on any atom is 0.321 e. The second kappa shape index (κ2) is 17.3. The molecule has 322 valence electrons. The minimum atomic E-state index is -0.239. The third-order valence-electron chi connectivity index (χ3n) is 15.4. The average molecular weight is 836 g/mol. The summed E-state index contributed by atoms with van der Waals surface area (Å²) in [6.07, 6.45) is 6.47. The Labute approximate surface area is 364 Å². The van der Waals surface area contributed by atoms with E-state index >= 15 is 0 Å². The number of fused-ring (bicyclic) bond motifs is 8. The van der Waals surface area contributed by atoms with Crippen molar-refractivity contribution in [1.29, 1.82) is 0 Å². The van der Waals surface area contributed by atoms with Crippen molar-refractivity contribution in [2.75, 3.05) is 34.3 Å². The lowest BCUT2D eigenvalue weighted by Crippen LogP contribution is -2.58. The molecule has 9 rings (SSSR count). The Balaban J connectivity index is 0.000000281. The van der Waals surface area contributed by atoms with Crippen molar-refractivity contribution in [2.45, 2.75) is 124 Å². The summed E-state index contributed by atoms with van der Waals surface area (Å²) in [7, 11) is 6.98. The van der Waals surface area contributed by atoms with Crippen molar-refractivity contribution >= 4 is 17.6 Å². The van der Waals surface area contributed by atoms with E-state index < -0.39 is 0 Å². The molecule has 12 bridgehead atoms. The smallest absolute Gasteiger partial charge is 0.321 e. The zero-order valence-electron chi connectivity index (χ0n) is 38.3. The number of hydrogen-bond acceptors (Lipinski definition) is 6. The van der Waals surface area contributed by atoms with Gasteiger partial charge >= 0.3 is 5.97 Å². The first-order valence-electron chi connectivity index (χ1n) is 22.1. The Morgan fingerprint density at radius 3 is 1.15 bits per heavy atom. The lowest BCUT2D eigenvalue weighted by atomic mass is 9.50. The van der Waals surface area contributed by atoms with Gasteiger partial charge in [-0.3, -0.25) is 4.79 Å². The topological polar surface area (TPSA) is 63.2 Å². The molecule has 0 N–H and O–H groups in total. The molecule has 4 unspecified atom stereocenters. The van der Waals surface area contributed by atoms with Crippen molar-refractivity contribution in [2.24, 2.45) is 23.7 Å². The van der Waals surface area contributed by atoms with Gasteiger partial charge in [-0.15, -0.1) is 11.6 Å². The predicted octanol–water partition coefficient (Wildman–Crippen LogP) is 12.9. The lowest BCUT2D eigenvalue weighted by molar-refractivity contribution is -0.200. The molecule has 4 saturated carbocycles. The van der Waals surface area contributed by atoms with Crippen LogP contribution in [0.2, 0.25) is 0 Å². The normalized spacial score (nSPS) is 27.4. The third kappa shape index (κ3) is 7.80. The zero-order valence-corrected chi connectivity index (χ0v) is 39.1. The van der Waals surface area contributed by atoms with E-state index in [4.69, 9.17) is 35.3 Å². The number of carbonyl (C=O) groups is 1. The van der Waals surface area contributed by atoms with Gasteiger partial charge in [0.15, 0.2) is 0 Å². The molecule has 0 heterocycles. The van der Waals surface area contributed by atoms with Gasteiger partial charge < -0.3 is 23.7 Å². The van der Waals surface area contributed by atoms with E-state index in [0.717, 1.165) is 57.1 Å². The summed E-state index contributed by atoms with van der Waals surface area (Å²) in [6, 6.07) is 18.2. The van der Waals surface area contributed by atoms with E-state index in [0.29, 0.717) is 11.8 Å². The highest BCUT2D eigenvalue weighted by atomic mass is 35.5. The first kappa shape index (κ1) is 43.9.